The fourth-order valence-electron chi connectivity index (χ4n) is 2.01. The lowest BCUT2D eigenvalue weighted by molar-refractivity contribution is 0.331. The maximum Gasteiger partial charge on any atom is 0.0233 e. The Balaban J connectivity index is 1.95. The van der Waals surface area contributed by atoms with Gasteiger partial charge >= 0.3 is 0 Å². The molecule has 0 aliphatic carbocycles. The maximum absolute atomic E-state index is 3.88. The van der Waals surface area contributed by atoms with Crippen molar-refractivity contribution in [3.8, 4) is 0 Å². The topological polar surface area (TPSA) is 3.24 Å². The van der Waals surface area contributed by atoms with Gasteiger partial charge in [0.1, 0.15) is 0 Å². The Labute approximate surface area is 86.7 Å². The molecule has 0 atom stereocenters. The smallest absolute Gasteiger partial charge is 0.0233 e. The van der Waals surface area contributed by atoms with Crippen molar-refractivity contribution >= 4 is 0 Å². The van der Waals surface area contributed by atoms with Crippen molar-refractivity contribution in [3.05, 3.63) is 42.3 Å². The van der Waals surface area contributed by atoms with Crippen LogP contribution in [0.25, 0.3) is 0 Å². The van der Waals surface area contributed by atoms with Crippen LogP contribution in [-0.4, -0.2) is 18.0 Å². The minimum atomic E-state index is 0.893. The van der Waals surface area contributed by atoms with E-state index in [1.54, 1.807) is 0 Å². The van der Waals surface area contributed by atoms with Gasteiger partial charge < -0.3 is 0 Å². The van der Waals surface area contributed by atoms with Crippen molar-refractivity contribution in [1.82, 2.24) is 4.90 Å². The third-order valence-electron chi connectivity index (χ3n) is 2.92. The third kappa shape index (κ3) is 2.36. The van der Waals surface area contributed by atoms with E-state index in [1.165, 1.54) is 37.1 Å². The van der Waals surface area contributed by atoms with Gasteiger partial charge in [-0.2, -0.15) is 0 Å². The highest BCUT2D eigenvalue weighted by molar-refractivity contribution is 5.22. The second kappa shape index (κ2) is 4.61. The molecular weight excluding hydrogens is 170 g/mol. The SMILES string of the molecule is [CH2]Cc1ccc(CN2CCCC2)cc1. The van der Waals surface area contributed by atoms with Crippen molar-refractivity contribution in [3.63, 3.8) is 0 Å². The maximum atomic E-state index is 3.88. The molecule has 1 nitrogen and oxygen atoms in total. The van der Waals surface area contributed by atoms with Crippen molar-refractivity contribution in [2.75, 3.05) is 13.1 Å². The highest BCUT2D eigenvalue weighted by Gasteiger charge is 2.11. The number of likely N-dealkylation sites (tertiary alicyclic amines) is 1. The average Bonchev–Trinajstić information content (AvgIpc) is 2.72. The molecule has 1 saturated heterocycles. The number of hydrogen-bond acceptors (Lipinski definition) is 1. The van der Waals surface area contributed by atoms with Gasteiger partial charge in [-0.25, -0.2) is 0 Å². The second-order valence-electron chi connectivity index (χ2n) is 4.05. The average molecular weight is 188 g/mol. The largest absolute Gasteiger partial charge is 0.299 e. The molecule has 1 aromatic carbocycles. The number of nitrogens with zero attached hydrogens (tertiary/aromatic N) is 1. The van der Waals surface area contributed by atoms with Gasteiger partial charge in [0.2, 0.25) is 0 Å². The van der Waals surface area contributed by atoms with E-state index in [0.717, 1.165) is 13.0 Å². The lowest BCUT2D eigenvalue weighted by Crippen LogP contribution is -2.18. The summed E-state index contributed by atoms with van der Waals surface area (Å²) >= 11 is 0. The van der Waals surface area contributed by atoms with Gasteiger partial charge in [-0.3, -0.25) is 4.90 Å². The predicted molar refractivity (Wildman–Crippen MR) is 60.0 cm³/mol. The molecule has 0 aromatic heterocycles. The van der Waals surface area contributed by atoms with Crippen molar-refractivity contribution in [1.29, 1.82) is 0 Å². The first-order chi connectivity index (χ1) is 6.88. The van der Waals surface area contributed by atoms with Crippen LogP contribution in [0.1, 0.15) is 24.0 Å². The van der Waals surface area contributed by atoms with Gasteiger partial charge in [0.25, 0.3) is 0 Å². The van der Waals surface area contributed by atoms with Gasteiger partial charge in [-0.05, 0) is 50.4 Å². The van der Waals surface area contributed by atoms with Crippen LogP contribution in [0.5, 0.6) is 0 Å². The summed E-state index contributed by atoms with van der Waals surface area (Å²) in [4.78, 5) is 2.53. The minimum Gasteiger partial charge on any atom is -0.299 e. The highest BCUT2D eigenvalue weighted by Crippen LogP contribution is 2.13. The molecule has 0 bridgehead atoms. The predicted octanol–water partition coefficient (Wildman–Crippen LogP) is 2.66. The molecule has 0 N–H and O–H groups in total. The molecule has 0 spiro atoms. The van der Waals surface area contributed by atoms with Crippen LogP contribution in [0.2, 0.25) is 0 Å². The van der Waals surface area contributed by atoms with Gasteiger partial charge in [0.05, 0.1) is 0 Å². The first-order valence-electron chi connectivity index (χ1n) is 5.48. The van der Waals surface area contributed by atoms with Crippen molar-refractivity contribution in [2.45, 2.75) is 25.8 Å². The second-order valence-corrected chi connectivity index (χ2v) is 4.05. The molecule has 0 amide bonds. The van der Waals surface area contributed by atoms with Crippen molar-refractivity contribution < 1.29 is 0 Å². The van der Waals surface area contributed by atoms with Gasteiger partial charge in [-0.15, -0.1) is 0 Å². The normalized spacial score (nSPS) is 17.5. The lowest BCUT2D eigenvalue weighted by Gasteiger charge is -2.14. The van der Waals surface area contributed by atoms with Gasteiger partial charge in [0.15, 0.2) is 0 Å². The Hall–Kier alpha value is -0.820. The van der Waals surface area contributed by atoms with Crippen LogP contribution in [-0.2, 0) is 13.0 Å². The monoisotopic (exact) mass is 188 g/mol. The van der Waals surface area contributed by atoms with E-state index < -0.39 is 0 Å². The Kier molecular flexibility index (Phi) is 3.20. The fourth-order valence-corrected chi connectivity index (χ4v) is 2.01. The molecule has 1 aliphatic rings. The van der Waals surface area contributed by atoms with Crippen LogP contribution < -0.4 is 0 Å². The Bertz CT molecular complexity index is 270. The standard InChI is InChI=1S/C13H18N/c1-2-12-5-7-13(8-6-12)11-14-9-3-4-10-14/h5-8H,1-4,9-11H2. The molecule has 2 rings (SSSR count). The van der Waals surface area contributed by atoms with Crippen LogP contribution >= 0.6 is 0 Å². The van der Waals surface area contributed by atoms with E-state index in [2.05, 4.69) is 36.1 Å². The summed E-state index contributed by atoms with van der Waals surface area (Å²) < 4.78 is 0. The van der Waals surface area contributed by atoms with E-state index in [4.69, 9.17) is 0 Å². The van der Waals surface area contributed by atoms with Gasteiger partial charge in [-0.1, -0.05) is 24.3 Å². The molecule has 0 unspecified atom stereocenters. The van der Waals surface area contributed by atoms with Crippen LogP contribution in [0, 0.1) is 6.92 Å². The van der Waals surface area contributed by atoms with Crippen LogP contribution in [0.15, 0.2) is 24.3 Å². The summed E-state index contributed by atoms with van der Waals surface area (Å²) in [6.07, 6.45) is 3.64. The molecule has 14 heavy (non-hydrogen) atoms. The lowest BCUT2D eigenvalue weighted by atomic mass is 10.1. The van der Waals surface area contributed by atoms with Gasteiger partial charge in [0, 0.05) is 6.54 Å². The van der Waals surface area contributed by atoms with Crippen LogP contribution in [0.3, 0.4) is 0 Å². The first kappa shape index (κ1) is 9.72. The van der Waals surface area contributed by atoms with E-state index >= 15 is 0 Å². The summed E-state index contributed by atoms with van der Waals surface area (Å²) in [6, 6.07) is 8.86. The molecule has 1 aliphatic heterocycles. The fraction of sp³-hybridized carbons (Fsp3) is 0.462. The van der Waals surface area contributed by atoms with E-state index in [1.807, 2.05) is 0 Å². The third-order valence-corrected chi connectivity index (χ3v) is 2.92. The molecular formula is C13H18N. The summed E-state index contributed by atoms with van der Waals surface area (Å²) in [7, 11) is 0. The zero-order valence-electron chi connectivity index (χ0n) is 8.71. The summed E-state index contributed by atoms with van der Waals surface area (Å²) in [5.41, 5.74) is 2.76. The Morgan fingerprint density at radius 1 is 1.00 bits per heavy atom. The minimum absolute atomic E-state index is 0.893. The number of hydrogen-bond donors (Lipinski definition) is 0. The zero-order valence-corrected chi connectivity index (χ0v) is 8.71. The zero-order chi connectivity index (χ0) is 9.80. The van der Waals surface area contributed by atoms with Crippen LogP contribution in [0.4, 0.5) is 0 Å². The first-order valence-corrected chi connectivity index (χ1v) is 5.48. The summed E-state index contributed by atoms with van der Waals surface area (Å²) in [6.45, 7) is 7.55. The Morgan fingerprint density at radius 3 is 2.14 bits per heavy atom. The molecule has 1 fully saturated rings. The Morgan fingerprint density at radius 2 is 1.57 bits per heavy atom. The quantitative estimate of drug-likeness (QED) is 0.705. The van der Waals surface area contributed by atoms with E-state index in [-0.39, 0.29) is 0 Å². The number of rotatable bonds is 3. The highest BCUT2D eigenvalue weighted by atomic mass is 15.1. The molecule has 1 radical (unpaired) electrons. The molecule has 1 heteroatoms. The van der Waals surface area contributed by atoms with E-state index in [9.17, 15) is 0 Å². The summed E-state index contributed by atoms with van der Waals surface area (Å²) in [5.74, 6) is 0. The molecule has 1 heterocycles. The summed E-state index contributed by atoms with van der Waals surface area (Å²) in [5, 5.41) is 0. The van der Waals surface area contributed by atoms with Crippen molar-refractivity contribution in [2.24, 2.45) is 0 Å². The molecule has 1 aromatic rings. The molecule has 75 valence electrons. The molecule has 0 saturated carbocycles. The van der Waals surface area contributed by atoms with E-state index in [0.29, 0.717) is 0 Å². The number of benzene rings is 1.